The van der Waals surface area contributed by atoms with Crippen molar-refractivity contribution in [2.75, 3.05) is 12.9 Å². The maximum Gasteiger partial charge on any atom is 0.139 e. The summed E-state index contributed by atoms with van der Waals surface area (Å²) >= 11 is 14.3. The molecular weight excluding hydrogens is 325 g/mol. The summed E-state index contributed by atoms with van der Waals surface area (Å²) in [6.07, 6.45) is 2.03. The predicted molar refractivity (Wildman–Crippen MR) is 91.9 cm³/mol. The Morgan fingerprint density at radius 1 is 1.14 bits per heavy atom. The predicted octanol–water partition coefficient (Wildman–Crippen LogP) is 5.16. The second kappa shape index (κ2) is 7.41. The van der Waals surface area contributed by atoms with Gasteiger partial charge in [0.1, 0.15) is 5.75 Å². The molecule has 0 amide bonds. The number of hydrogen-bond acceptors (Lipinski definition) is 3. The molecule has 0 fully saturated rings. The van der Waals surface area contributed by atoms with Crippen LogP contribution in [-0.4, -0.2) is 12.9 Å². The van der Waals surface area contributed by atoms with Crippen molar-refractivity contribution in [3.63, 3.8) is 0 Å². The van der Waals surface area contributed by atoms with E-state index in [4.69, 9.17) is 33.7 Å². The molecule has 0 aliphatic rings. The highest BCUT2D eigenvalue weighted by molar-refractivity contribution is 7.98. The average Bonchev–Trinajstić information content (AvgIpc) is 2.50. The van der Waals surface area contributed by atoms with Gasteiger partial charge >= 0.3 is 0 Å². The van der Waals surface area contributed by atoms with Gasteiger partial charge in [-0.1, -0.05) is 41.4 Å². The number of nitrogens with two attached hydrogens (primary N) is 1. The van der Waals surface area contributed by atoms with Gasteiger partial charge in [0.2, 0.25) is 0 Å². The van der Waals surface area contributed by atoms with Crippen LogP contribution >= 0.6 is 35.0 Å². The Balaban J connectivity index is 2.44. The first-order chi connectivity index (χ1) is 10.1. The van der Waals surface area contributed by atoms with E-state index in [1.54, 1.807) is 23.9 Å². The van der Waals surface area contributed by atoms with Crippen molar-refractivity contribution in [1.29, 1.82) is 0 Å². The van der Waals surface area contributed by atoms with E-state index in [0.29, 0.717) is 22.4 Å². The van der Waals surface area contributed by atoms with Gasteiger partial charge in [-0.15, -0.1) is 11.8 Å². The van der Waals surface area contributed by atoms with Crippen molar-refractivity contribution in [2.45, 2.75) is 17.9 Å². The Morgan fingerprint density at radius 2 is 1.86 bits per heavy atom. The lowest BCUT2D eigenvalue weighted by Gasteiger charge is -2.18. The van der Waals surface area contributed by atoms with Crippen molar-refractivity contribution in [2.24, 2.45) is 5.73 Å². The summed E-state index contributed by atoms with van der Waals surface area (Å²) in [4.78, 5) is 1.13. The smallest absolute Gasteiger partial charge is 0.139 e. The van der Waals surface area contributed by atoms with Gasteiger partial charge in [0, 0.05) is 16.0 Å². The summed E-state index contributed by atoms with van der Waals surface area (Å²) in [6.45, 7) is 2.44. The average molecular weight is 342 g/mol. The van der Waals surface area contributed by atoms with Crippen LogP contribution in [0.2, 0.25) is 10.0 Å². The summed E-state index contributed by atoms with van der Waals surface area (Å²) in [5.41, 5.74) is 8.22. The van der Waals surface area contributed by atoms with Crippen molar-refractivity contribution in [3.05, 3.63) is 57.6 Å². The van der Waals surface area contributed by atoms with Gasteiger partial charge in [-0.2, -0.15) is 0 Å². The summed E-state index contributed by atoms with van der Waals surface area (Å²) in [5.74, 6) is 0.582. The first-order valence-electron chi connectivity index (χ1n) is 6.58. The molecule has 0 heterocycles. The van der Waals surface area contributed by atoms with Crippen molar-refractivity contribution < 1.29 is 4.74 Å². The van der Waals surface area contributed by atoms with Gasteiger partial charge in [-0.3, -0.25) is 0 Å². The van der Waals surface area contributed by atoms with Crippen LogP contribution < -0.4 is 10.5 Å². The van der Waals surface area contributed by atoms with Crippen LogP contribution in [0, 0.1) is 0 Å². The van der Waals surface area contributed by atoms with Gasteiger partial charge in [0.05, 0.1) is 17.7 Å². The SMILES string of the molecule is CCOc1cc(Cl)c(C(N)c2ccccc2SC)cc1Cl. The third-order valence-corrected chi connectivity index (χ3v) is 4.59. The molecule has 0 saturated carbocycles. The highest BCUT2D eigenvalue weighted by Crippen LogP contribution is 2.37. The Morgan fingerprint density at radius 3 is 2.52 bits per heavy atom. The fourth-order valence-corrected chi connectivity index (χ4v) is 3.28. The number of rotatable bonds is 5. The first kappa shape index (κ1) is 16.5. The van der Waals surface area contributed by atoms with Crippen LogP contribution in [0.4, 0.5) is 0 Å². The Bertz CT molecular complexity index is 634. The van der Waals surface area contributed by atoms with Gasteiger partial charge in [0.25, 0.3) is 0 Å². The summed E-state index contributed by atoms with van der Waals surface area (Å²) in [7, 11) is 0. The molecule has 0 radical (unpaired) electrons. The zero-order chi connectivity index (χ0) is 15.4. The van der Waals surface area contributed by atoms with E-state index >= 15 is 0 Å². The third kappa shape index (κ3) is 3.67. The maximum absolute atomic E-state index is 6.39. The largest absolute Gasteiger partial charge is 0.492 e. The van der Waals surface area contributed by atoms with Crippen LogP contribution in [0.15, 0.2) is 41.3 Å². The third-order valence-electron chi connectivity index (χ3n) is 3.16. The molecule has 1 unspecified atom stereocenters. The van der Waals surface area contributed by atoms with E-state index in [-0.39, 0.29) is 6.04 Å². The van der Waals surface area contributed by atoms with Crippen LogP contribution in [0.1, 0.15) is 24.1 Å². The molecule has 2 aromatic carbocycles. The minimum atomic E-state index is -0.325. The molecule has 2 nitrogen and oxygen atoms in total. The van der Waals surface area contributed by atoms with Crippen molar-refractivity contribution in [1.82, 2.24) is 0 Å². The van der Waals surface area contributed by atoms with Gasteiger partial charge in [0.15, 0.2) is 0 Å². The van der Waals surface area contributed by atoms with Gasteiger partial charge < -0.3 is 10.5 Å². The van der Waals surface area contributed by atoms with Crippen molar-refractivity contribution in [3.8, 4) is 5.75 Å². The van der Waals surface area contributed by atoms with E-state index in [0.717, 1.165) is 16.0 Å². The molecule has 2 aromatic rings. The lowest BCUT2D eigenvalue weighted by atomic mass is 9.99. The fourth-order valence-electron chi connectivity index (χ4n) is 2.14. The van der Waals surface area contributed by atoms with Crippen LogP contribution in [-0.2, 0) is 0 Å². The quantitative estimate of drug-likeness (QED) is 0.762. The van der Waals surface area contributed by atoms with E-state index in [1.165, 1.54) is 0 Å². The van der Waals surface area contributed by atoms with Crippen LogP contribution in [0.25, 0.3) is 0 Å². The maximum atomic E-state index is 6.39. The number of thioether (sulfide) groups is 1. The van der Waals surface area contributed by atoms with E-state index in [2.05, 4.69) is 0 Å². The van der Waals surface area contributed by atoms with Crippen LogP contribution in [0.3, 0.4) is 0 Å². The van der Waals surface area contributed by atoms with E-state index < -0.39 is 0 Å². The summed E-state index contributed by atoms with van der Waals surface area (Å²) in [5, 5.41) is 1.08. The minimum Gasteiger partial charge on any atom is -0.492 e. The molecule has 0 aliphatic heterocycles. The molecule has 0 saturated heterocycles. The van der Waals surface area contributed by atoms with Gasteiger partial charge in [-0.05, 0) is 36.4 Å². The molecule has 2 N–H and O–H groups in total. The Hall–Kier alpha value is -0.870. The van der Waals surface area contributed by atoms with Crippen molar-refractivity contribution >= 4 is 35.0 Å². The highest BCUT2D eigenvalue weighted by Gasteiger charge is 2.18. The van der Waals surface area contributed by atoms with Crippen LogP contribution in [0.5, 0.6) is 5.75 Å². The Kier molecular flexibility index (Phi) is 5.82. The normalized spacial score (nSPS) is 12.2. The number of benzene rings is 2. The molecule has 0 spiro atoms. The number of hydrogen-bond donors (Lipinski definition) is 1. The molecular formula is C16H17Cl2NOS. The molecule has 112 valence electrons. The molecule has 5 heteroatoms. The molecule has 0 aliphatic carbocycles. The number of halogens is 2. The molecule has 2 rings (SSSR count). The molecule has 21 heavy (non-hydrogen) atoms. The topological polar surface area (TPSA) is 35.2 Å². The van der Waals surface area contributed by atoms with Gasteiger partial charge in [-0.25, -0.2) is 0 Å². The zero-order valence-corrected chi connectivity index (χ0v) is 14.2. The second-order valence-corrected chi connectivity index (χ2v) is 6.12. The number of ether oxygens (including phenoxy) is 1. The van der Waals surface area contributed by atoms with E-state index in [9.17, 15) is 0 Å². The summed E-state index contributed by atoms with van der Waals surface area (Å²) in [6, 6.07) is 11.2. The lowest BCUT2D eigenvalue weighted by Crippen LogP contribution is -2.13. The zero-order valence-electron chi connectivity index (χ0n) is 11.9. The lowest BCUT2D eigenvalue weighted by molar-refractivity contribution is 0.340. The second-order valence-electron chi connectivity index (χ2n) is 4.46. The standard InChI is InChI=1S/C16H17Cl2NOS/c1-3-20-14-9-12(17)11(8-13(14)18)16(19)10-6-4-5-7-15(10)21-2/h4-9,16H,3,19H2,1-2H3. The molecule has 0 bridgehead atoms. The fraction of sp³-hybridized carbons (Fsp3) is 0.250. The van der Waals surface area contributed by atoms with E-state index in [1.807, 2.05) is 37.4 Å². The highest BCUT2D eigenvalue weighted by atomic mass is 35.5. The Labute approximate surface area is 139 Å². The monoisotopic (exact) mass is 341 g/mol. The minimum absolute atomic E-state index is 0.325. The molecule has 0 aromatic heterocycles. The molecule has 1 atom stereocenters. The summed E-state index contributed by atoms with van der Waals surface area (Å²) < 4.78 is 5.44. The first-order valence-corrected chi connectivity index (χ1v) is 8.56.